The molecule has 0 bridgehead atoms. The lowest BCUT2D eigenvalue weighted by molar-refractivity contribution is -0.122. The van der Waals surface area contributed by atoms with E-state index in [-0.39, 0.29) is 5.91 Å². The SMILES string of the molecule is CCNc1ccc(N=C2S/C(=C3/Sc4cc(OCC)ccc4N3C)C(=O)N2Cc2ccccc2)cc1C#N. The molecule has 192 valence electrons. The van der Waals surface area contributed by atoms with Crippen molar-refractivity contribution in [3.8, 4) is 11.8 Å². The maximum Gasteiger partial charge on any atom is 0.269 e. The van der Waals surface area contributed by atoms with Crippen LogP contribution in [-0.2, 0) is 11.3 Å². The first-order valence-electron chi connectivity index (χ1n) is 12.4. The van der Waals surface area contributed by atoms with Crippen molar-refractivity contribution in [1.29, 1.82) is 5.26 Å². The smallest absolute Gasteiger partial charge is 0.269 e. The molecule has 3 aromatic rings. The van der Waals surface area contributed by atoms with Crippen LogP contribution in [0.4, 0.5) is 17.1 Å². The zero-order valence-corrected chi connectivity index (χ0v) is 23.0. The summed E-state index contributed by atoms with van der Waals surface area (Å²) in [5.74, 6) is 0.723. The van der Waals surface area contributed by atoms with Crippen LogP contribution in [0.3, 0.4) is 0 Å². The molecule has 38 heavy (non-hydrogen) atoms. The van der Waals surface area contributed by atoms with Gasteiger partial charge >= 0.3 is 0 Å². The van der Waals surface area contributed by atoms with E-state index in [9.17, 15) is 10.1 Å². The maximum absolute atomic E-state index is 13.9. The molecule has 0 aromatic heterocycles. The van der Waals surface area contributed by atoms with Crippen LogP contribution in [0.5, 0.6) is 5.75 Å². The van der Waals surface area contributed by atoms with Gasteiger partial charge < -0.3 is 15.0 Å². The number of aliphatic imine (C=N–C) groups is 1. The van der Waals surface area contributed by atoms with Gasteiger partial charge in [0.2, 0.25) is 0 Å². The standard InChI is InChI=1S/C29H27N5O2S2/c1-4-31-23-13-11-21(15-20(23)17-30)32-29-34(18-19-9-7-6-8-10-19)27(35)26(38-29)28-33(3)24-14-12-22(36-5-2)16-25(24)37-28/h6-16,31H,4-5,18H2,1-3H3/b28-26+,32-29?. The number of nitriles is 1. The fourth-order valence-corrected chi connectivity index (χ4v) is 6.63. The van der Waals surface area contributed by atoms with Gasteiger partial charge in [0, 0.05) is 18.5 Å². The summed E-state index contributed by atoms with van der Waals surface area (Å²) in [5, 5.41) is 14.3. The minimum absolute atomic E-state index is 0.0884. The Bertz CT molecular complexity index is 1480. The van der Waals surface area contributed by atoms with Crippen molar-refractivity contribution in [1.82, 2.24) is 4.90 Å². The molecule has 1 N–H and O–H groups in total. The van der Waals surface area contributed by atoms with Gasteiger partial charge in [-0.05, 0) is 67.6 Å². The van der Waals surface area contributed by atoms with Crippen LogP contribution >= 0.6 is 23.5 Å². The molecule has 3 aromatic carbocycles. The molecule has 0 saturated carbocycles. The summed E-state index contributed by atoms with van der Waals surface area (Å²) in [6.45, 7) is 5.66. The number of benzene rings is 3. The summed E-state index contributed by atoms with van der Waals surface area (Å²) in [5.41, 5.74) is 3.96. The van der Waals surface area contributed by atoms with E-state index in [1.165, 1.54) is 11.8 Å². The number of rotatable bonds is 7. The van der Waals surface area contributed by atoms with Gasteiger partial charge in [-0.3, -0.25) is 9.69 Å². The molecule has 0 spiro atoms. The average molecular weight is 542 g/mol. The first kappa shape index (κ1) is 25.8. The first-order chi connectivity index (χ1) is 18.5. The van der Waals surface area contributed by atoms with Crippen LogP contribution in [0.2, 0.25) is 0 Å². The Labute approximate surface area is 231 Å². The van der Waals surface area contributed by atoms with Gasteiger partial charge in [-0.2, -0.15) is 5.26 Å². The normalized spacial score (nSPS) is 17.6. The van der Waals surface area contributed by atoms with Crippen molar-refractivity contribution >= 4 is 51.7 Å². The first-order valence-corrected chi connectivity index (χ1v) is 14.0. The minimum Gasteiger partial charge on any atom is -0.494 e. The quantitative estimate of drug-likeness (QED) is 0.339. The number of amides is 1. The van der Waals surface area contributed by atoms with E-state index in [1.54, 1.807) is 22.7 Å². The second-order valence-electron chi connectivity index (χ2n) is 8.60. The Balaban J connectivity index is 1.53. The van der Waals surface area contributed by atoms with Crippen molar-refractivity contribution in [2.75, 3.05) is 30.4 Å². The Morgan fingerprint density at radius 3 is 2.61 bits per heavy atom. The molecule has 2 heterocycles. The average Bonchev–Trinajstić information content (AvgIpc) is 3.41. The van der Waals surface area contributed by atoms with E-state index in [2.05, 4.69) is 16.3 Å². The largest absolute Gasteiger partial charge is 0.494 e. The summed E-state index contributed by atoms with van der Waals surface area (Å²) in [6.07, 6.45) is 0. The number of ether oxygens (including phenoxy) is 1. The topological polar surface area (TPSA) is 81.0 Å². The Morgan fingerprint density at radius 1 is 1.05 bits per heavy atom. The molecule has 0 atom stereocenters. The predicted octanol–water partition coefficient (Wildman–Crippen LogP) is 6.56. The predicted molar refractivity (Wildman–Crippen MR) is 156 cm³/mol. The number of hydrogen-bond acceptors (Lipinski definition) is 8. The van der Waals surface area contributed by atoms with Crippen LogP contribution < -0.4 is 15.0 Å². The Kier molecular flexibility index (Phi) is 7.63. The van der Waals surface area contributed by atoms with Gasteiger partial charge in [-0.15, -0.1) is 0 Å². The zero-order valence-electron chi connectivity index (χ0n) is 21.4. The van der Waals surface area contributed by atoms with Crippen LogP contribution in [0.15, 0.2) is 86.6 Å². The number of carbonyl (C=O) groups is 1. The van der Waals surface area contributed by atoms with Gasteiger partial charge in [-0.1, -0.05) is 42.1 Å². The van der Waals surface area contributed by atoms with Gasteiger partial charge in [0.15, 0.2) is 5.17 Å². The third-order valence-electron chi connectivity index (χ3n) is 6.07. The van der Waals surface area contributed by atoms with Crippen LogP contribution in [0.25, 0.3) is 0 Å². The fraction of sp³-hybridized carbons (Fsp3) is 0.207. The molecule has 2 aliphatic heterocycles. The lowest BCUT2D eigenvalue weighted by atomic mass is 10.1. The number of nitrogens with zero attached hydrogens (tertiary/aromatic N) is 4. The van der Waals surface area contributed by atoms with Crippen molar-refractivity contribution in [2.45, 2.75) is 25.3 Å². The number of carbonyl (C=O) groups excluding carboxylic acids is 1. The lowest BCUT2D eigenvalue weighted by Gasteiger charge is -2.17. The molecule has 0 unspecified atom stereocenters. The molecule has 2 aliphatic rings. The molecule has 5 rings (SSSR count). The summed E-state index contributed by atoms with van der Waals surface area (Å²) < 4.78 is 5.68. The Hall–Kier alpha value is -3.87. The van der Waals surface area contributed by atoms with E-state index in [0.717, 1.165) is 32.6 Å². The Morgan fingerprint density at radius 2 is 1.87 bits per heavy atom. The third kappa shape index (κ3) is 5.10. The van der Waals surface area contributed by atoms with Gasteiger partial charge in [0.1, 0.15) is 16.7 Å². The van der Waals surface area contributed by atoms with Crippen molar-refractivity contribution in [3.63, 3.8) is 0 Å². The van der Waals surface area contributed by atoms with E-state index >= 15 is 0 Å². The monoisotopic (exact) mass is 541 g/mol. The molecule has 1 fully saturated rings. The highest BCUT2D eigenvalue weighted by molar-refractivity contribution is 8.19. The molecule has 9 heteroatoms. The third-order valence-corrected chi connectivity index (χ3v) is 8.49. The van der Waals surface area contributed by atoms with Gasteiger partial charge in [-0.25, -0.2) is 4.99 Å². The van der Waals surface area contributed by atoms with Crippen LogP contribution in [0.1, 0.15) is 25.0 Å². The molecular formula is C29H27N5O2S2. The zero-order chi connectivity index (χ0) is 26.6. The van der Waals surface area contributed by atoms with Crippen molar-refractivity contribution in [3.05, 3.63) is 87.8 Å². The summed E-state index contributed by atoms with van der Waals surface area (Å²) in [4.78, 5) is 24.2. The fourth-order valence-electron chi connectivity index (χ4n) is 4.26. The maximum atomic E-state index is 13.9. The number of amidine groups is 1. The summed E-state index contributed by atoms with van der Waals surface area (Å²) in [7, 11) is 1.98. The lowest BCUT2D eigenvalue weighted by Crippen LogP contribution is -2.29. The molecule has 1 saturated heterocycles. The van der Waals surface area contributed by atoms with Crippen LogP contribution in [0, 0.1) is 11.3 Å². The highest BCUT2D eigenvalue weighted by Crippen LogP contribution is 2.51. The van der Waals surface area contributed by atoms with E-state index in [1.807, 2.05) is 81.6 Å². The molecule has 1 amide bonds. The second-order valence-corrected chi connectivity index (χ2v) is 10.6. The number of thioether (sulfide) groups is 2. The highest BCUT2D eigenvalue weighted by Gasteiger charge is 2.39. The number of hydrogen-bond donors (Lipinski definition) is 1. The number of fused-ring (bicyclic) bond motifs is 1. The molecule has 7 nitrogen and oxygen atoms in total. The van der Waals surface area contributed by atoms with Crippen molar-refractivity contribution in [2.24, 2.45) is 4.99 Å². The molecule has 0 aliphatic carbocycles. The summed E-state index contributed by atoms with van der Waals surface area (Å²) >= 11 is 2.94. The van der Waals surface area contributed by atoms with E-state index < -0.39 is 0 Å². The van der Waals surface area contributed by atoms with Gasteiger partial charge in [0.25, 0.3) is 5.91 Å². The minimum atomic E-state index is -0.0884. The molecule has 0 radical (unpaired) electrons. The summed E-state index contributed by atoms with van der Waals surface area (Å²) in [6, 6.07) is 23.6. The van der Waals surface area contributed by atoms with E-state index in [0.29, 0.717) is 41.0 Å². The van der Waals surface area contributed by atoms with Crippen molar-refractivity contribution < 1.29 is 9.53 Å². The number of nitrogens with one attached hydrogen (secondary N) is 1. The van der Waals surface area contributed by atoms with Crippen LogP contribution in [-0.4, -0.2) is 36.2 Å². The second kappa shape index (κ2) is 11.3. The van der Waals surface area contributed by atoms with Gasteiger partial charge in [0.05, 0.1) is 40.8 Å². The molecular weight excluding hydrogens is 514 g/mol. The number of anilines is 2. The highest BCUT2D eigenvalue weighted by atomic mass is 32.2. The van der Waals surface area contributed by atoms with E-state index in [4.69, 9.17) is 9.73 Å².